The zero-order chi connectivity index (χ0) is 15.4. The van der Waals surface area contributed by atoms with Gasteiger partial charge in [-0.1, -0.05) is 0 Å². The summed E-state index contributed by atoms with van der Waals surface area (Å²) in [6.45, 7) is 0. The van der Waals surface area contributed by atoms with Crippen molar-refractivity contribution >= 4 is 37.3 Å². The second-order valence-corrected chi connectivity index (χ2v) is 8.95. The van der Waals surface area contributed by atoms with Crippen molar-refractivity contribution < 1.29 is 4.79 Å². The molecule has 0 saturated carbocycles. The van der Waals surface area contributed by atoms with Crippen molar-refractivity contribution in [1.82, 2.24) is 0 Å². The molecule has 3 heteroatoms. The van der Waals surface area contributed by atoms with E-state index in [1.165, 1.54) is 16.3 Å². The average molecular weight is 376 g/mol. The van der Waals surface area contributed by atoms with Crippen LogP contribution in [-0.4, -0.2) is 21.2 Å². The van der Waals surface area contributed by atoms with Gasteiger partial charge in [-0.05, 0) is 0 Å². The van der Waals surface area contributed by atoms with Crippen LogP contribution in [0.1, 0.15) is 24.3 Å². The van der Waals surface area contributed by atoms with Crippen molar-refractivity contribution in [3.8, 4) is 0 Å². The third kappa shape index (κ3) is 3.20. The molecule has 0 unspecified atom stereocenters. The van der Waals surface area contributed by atoms with Crippen molar-refractivity contribution in [3.63, 3.8) is 0 Å². The number of aldehydes is 1. The van der Waals surface area contributed by atoms with E-state index >= 15 is 0 Å². The van der Waals surface area contributed by atoms with E-state index in [-0.39, 0.29) is 25.2 Å². The number of carbonyl (C=O) groups is 1. The van der Waals surface area contributed by atoms with Crippen LogP contribution in [0.25, 0.3) is 0 Å². The Labute approximate surface area is 142 Å². The summed E-state index contributed by atoms with van der Waals surface area (Å²) in [6, 6.07) is 18.3. The Balaban J connectivity index is 1.96. The van der Waals surface area contributed by atoms with Crippen LogP contribution in [0.15, 0.2) is 66.7 Å². The van der Waals surface area contributed by atoms with E-state index in [1.807, 2.05) is 30.3 Å². The van der Waals surface area contributed by atoms with Gasteiger partial charge >= 0.3 is 143 Å². The molecule has 1 aliphatic rings. The molecule has 2 aromatic carbocycles. The van der Waals surface area contributed by atoms with Crippen LogP contribution >= 0.6 is 11.6 Å². The molecule has 2 atom stereocenters. The van der Waals surface area contributed by atoms with Gasteiger partial charge in [-0.15, -0.1) is 0 Å². The first-order chi connectivity index (χ1) is 10.7. The van der Waals surface area contributed by atoms with Gasteiger partial charge in [0, 0.05) is 0 Å². The molecular formula is C19H17ClOSe. The fourth-order valence-electron chi connectivity index (χ4n) is 2.93. The maximum absolute atomic E-state index is 12.1. The molecule has 1 aliphatic carbocycles. The van der Waals surface area contributed by atoms with E-state index in [4.69, 9.17) is 11.6 Å². The predicted octanol–water partition coefficient (Wildman–Crippen LogP) is 4.16. The van der Waals surface area contributed by atoms with Gasteiger partial charge in [0.05, 0.1) is 0 Å². The van der Waals surface area contributed by atoms with Crippen molar-refractivity contribution in [2.24, 2.45) is 0 Å². The summed E-state index contributed by atoms with van der Waals surface area (Å²) in [5, 5.41) is 0.739. The second-order valence-electron chi connectivity index (χ2n) is 5.50. The number of benzene rings is 2. The molecule has 0 aliphatic heterocycles. The summed E-state index contributed by atoms with van der Waals surface area (Å²) >= 11 is 6.05. The number of carbonyl (C=O) groups excluding carboxylic acids is 1. The topological polar surface area (TPSA) is 17.1 Å². The van der Waals surface area contributed by atoms with Crippen molar-refractivity contribution in [1.29, 1.82) is 0 Å². The van der Waals surface area contributed by atoms with Gasteiger partial charge in [-0.2, -0.15) is 0 Å². The zero-order valence-corrected chi connectivity index (χ0v) is 14.6. The predicted molar refractivity (Wildman–Crippen MR) is 93.2 cm³/mol. The second kappa shape index (κ2) is 6.83. The third-order valence-electron chi connectivity index (χ3n) is 4.09. The fourth-order valence-corrected chi connectivity index (χ4v) is 5.82. The van der Waals surface area contributed by atoms with Gasteiger partial charge in [0.1, 0.15) is 0 Å². The van der Waals surface area contributed by atoms with Crippen molar-refractivity contribution in [3.05, 3.63) is 77.3 Å². The number of halogens is 1. The quantitative estimate of drug-likeness (QED) is 0.445. The normalized spacial score (nSPS) is 24.1. The van der Waals surface area contributed by atoms with Gasteiger partial charge in [-0.3, -0.25) is 0 Å². The Hall–Kier alpha value is -1.34. The summed E-state index contributed by atoms with van der Waals surface area (Å²) < 4.78 is 0.914. The van der Waals surface area contributed by atoms with Crippen LogP contribution in [0.4, 0.5) is 0 Å². The van der Waals surface area contributed by atoms with Crippen LogP contribution in [0.5, 0.6) is 0 Å². The molecule has 0 amide bonds. The molecule has 0 bridgehead atoms. The number of hydrogen-bond donors (Lipinski definition) is 0. The van der Waals surface area contributed by atoms with E-state index in [2.05, 4.69) is 36.4 Å². The maximum atomic E-state index is 12.1. The molecule has 3 rings (SSSR count). The monoisotopic (exact) mass is 376 g/mol. The van der Waals surface area contributed by atoms with E-state index in [9.17, 15) is 4.79 Å². The third-order valence-corrected chi connectivity index (χ3v) is 7.35. The SMILES string of the molecule is O=C[C@@]1([Se]c2ccc(Cl)cc2)CC=CC[C@@H]1c1ccccc1. The van der Waals surface area contributed by atoms with Gasteiger partial charge in [0.2, 0.25) is 0 Å². The number of allylic oxidation sites excluding steroid dienone is 2. The first-order valence-corrected chi connectivity index (χ1v) is 9.43. The van der Waals surface area contributed by atoms with Gasteiger partial charge < -0.3 is 0 Å². The molecule has 0 saturated heterocycles. The van der Waals surface area contributed by atoms with E-state index in [0.29, 0.717) is 0 Å². The molecule has 112 valence electrons. The molecule has 1 nitrogen and oxygen atoms in total. The summed E-state index contributed by atoms with van der Waals surface area (Å²) in [7, 11) is 0. The van der Waals surface area contributed by atoms with E-state index in [0.717, 1.165) is 17.9 Å². The molecule has 2 aromatic rings. The molecule has 0 fully saturated rings. The average Bonchev–Trinajstić information content (AvgIpc) is 2.58. The fraction of sp³-hybridized carbons (Fsp3) is 0.211. The van der Waals surface area contributed by atoms with Gasteiger partial charge in [0.25, 0.3) is 0 Å². The van der Waals surface area contributed by atoms with Crippen molar-refractivity contribution in [2.75, 3.05) is 0 Å². The van der Waals surface area contributed by atoms with Crippen LogP contribution < -0.4 is 4.46 Å². The van der Waals surface area contributed by atoms with Crippen LogP contribution in [0.3, 0.4) is 0 Å². The Bertz CT molecular complexity index is 666. The number of rotatable bonds is 4. The Morgan fingerprint density at radius 2 is 1.77 bits per heavy atom. The van der Waals surface area contributed by atoms with E-state index in [1.54, 1.807) is 0 Å². The first kappa shape index (κ1) is 15.6. The van der Waals surface area contributed by atoms with Gasteiger partial charge in [-0.25, -0.2) is 0 Å². The molecule has 22 heavy (non-hydrogen) atoms. The standard InChI is InChI=1S/C19H17ClOSe/c20-16-9-11-17(12-10-16)22-19(14-21)13-5-4-8-18(19)15-6-2-1-3-7-15/h1-7,9-12,14,18H,8,13H2/t18-,19+/m1/s1. The zero-order valence-electron chi connectivity index (χ0n) is 12.1. The Morgan fingerprint density at radius 3 is 2.45 bits per heavy atom. The van der Waals surface area contributed by atoms with Gasteiger partial charge in [0.15, 0.2) is 0 Å². The first-order valence-electron chi connectivity index (χ1n) is 7.34. The van der Waals surface area contributed by atoms with Crippen LogP contribution in [-0.2, 0) is 4.79 Å². The molecule has 0 N–H and O–H groups in total. The minimum absolute atomic E-state index is 0.0740. The molecular weight excluding hydrogens is 359 g/mol. The number of hydrogen-bond acceptors (Lipinski definition) is 1. The Morgan fingerprint density at radius 1 is 1.05 bits per heavy atom. The summed E-state index contributed by atoms with van der Waals surface area (Å²) in [4.78, 5) is 12.1. The summed E-state index contributed by atoms with van der Waals surface area (Å²) in [5.41, 5.74) is 1.26. The van der Waals surface area contributed by atoms with E-state index < -0.39 is 0 Å². The molecule has 0 spiro atoms. The summed E-state index contributed by atoms with van der Waals surface area (Å²) in [6.07, 6.45) is 7.31. The van der Waals surface area contributed by atoms with Crippen LogP contribution in [0.2, 0.25) is 9.34 Å². The van der Waals surface area contributed by atoms with Crippen LogP contribution in [0, 0.1) is 0 Å². The minimum atomic E-state index is -0.309. The molecule has 0 heterocycles. The Kier molecular flexibility index (Phi) is 4.83. The molecule has 0 aromatic heterocycles. The summed E-state index contributed by atoms with van der Waals surface area (Å²) in [5.74, 6) is 0.256. The van der Waals surface area contributed by atoms with Crippen molar-refractivity contribution in [2.45, 2.75) is 23.1 Å². The molecule has 0 radical (unpaired) electrons.